The standard InChI is InChI=1S/C9H14INO3/c1-3-14-8(13)11-5-4-7(12)6-9(11,2)10/h3-6H2,1-2H3. The fraction of sp³-hybridized carbons (Fsp3) is 0.778. The van der Waals surface area contributed by atoms with Crippen molar-refractivity contribution in [3.63, 3.8) is 0 Å². The molecule has 0 aliphatic carbocycles. The molecule has 0 spiro atoms. The quantitative estimate of drug-likeness (QED) is 0.422. The minimum Gasteiger partial charge on any atom is -0.450 e. The summed E-state index contributed by atoms with van der Waals surface area (Å²) in [6.07, 6.45) is 0.529. The van der Waals surface area contributed by atoms with Gasteiger partial charge in [0, 0.05) is 19.4 Å². The van der Waals surface area contributed by atoms with Gasteiger partial charge in [0.1, 0.15) is 9.33 Å². The summed E-state index contributed by atoms with van der Waals surface area (Å²) in [6.45, 7) is 4.49. The zero-order chi connectivity index (χ0) is 10.8. The molecule has 0 saturated carbocycles. The van der Waals surface area contributed by atoms with Gasteiger partial charge in [-0.3, -0.25) is 9.69 Å². The number of hydrogen-bond donors (Lipinski definition) is 0. The molecule has 1 atom stereocenters. The number of ether oxygens (including phenoxy) is 1. The van der Waals surface area contributed by atoms with Crippen molar-refractivity contribution < 1.29 is 14.3 Å². The van der Waals surface area contributed by atoms with Crippen LogP contribution in [0.1, 0.15) is 26.7 Å². The lowest BCUT2D eigenvalue weighted by molar-refractivity contribution is -0.122. The number of carbonyl (C=O) groups is 2. The Hall–Kier alpha value is -0.330. The Balaban J connectivity index is 2.68. The Labute approximate surface area is 97.1 Å². The molecule has 1 rings (SSSR count). The van der Waals surface area contributed by atoms with Crippen LogP contribution in [0, 0.1) is 0 Å². The summed E-state index contributed by atoms with van der Waals surface area (Å²) < 4.78 is 4.49. The van der Waals surface area contributed by atoms with Crippen LogP contribution in [0.2, 0.25) is 0 Å². The monoisotopic (exact) mass is 311 g/mol. The SMILES string of the molecule is CCOC(=O)N1CCC(=O)CC1(C)I. The Bertz CT molecular complexity index is 252. The molecule has 80 valence electrons. The number of carbonyl (C=O) groups excluding carboxylic acids is 2. The van der Waals surface area contributed by atoms with E-state index in [0.29, 0.717) is 26.0 Å². The van der Waals surface area contributed by atoms with E-state index in [2.05, 4.69) is 22.6 Å². The number of alkyl halides is 1. The van der Waals surface area contributed by atoms with Gasteiger partial charge in [-0.1, -0.05) is 22.6 Å². The molecule has 5 heteroatoms. The Morgan fingerprint density at radius 2 is 2.36 bits per heavy atom. The molecular weight excluding hydrogens is 297 g/mol. The number of halogens is 1. The predicted octanol–water partition coefficient (Wildman–Crippen LogP) is 1.96. The van der Waals surface area contributed by atoms with E-state index in [1.165, 1.54) is 0 Å². The average Bonchev–Trinajstić information content (AvgIpc) is 2.01. The molecule has 14 heavy (non-hydrogen) atoms. The van der Waals surface area contributed by atoms with Gasteiger partial charge in [0.15, 0.2) is 0 Å². The molecule has 0 aromatic rings. The third-order valence-electron chi connectivity index (χ3n) is 2.19. The van der Waals surface area contributed by atoms with Crippen LogP contribution in [-0.4, -0.2) is 33.5 Å². The highest BCUT2D eigenvalue weighted by atomic mass is 127. The van der Waals surface area contributed by atoms with Crippen molar-refractivity contribution in [1.82, 2.24) is 4.90 Å². The number of hydrogen-bond acceptors (Lipinski definition) is 3. The largest absolute Gasteiger partial charge is 0.450 e. The molecule has 0 N–H and O–H groups in total. The summed E-state index contributed by atoms with van der Waals surface area (Å²) in [7, 11) is 0. The van der Waals surface area contributed by atoms with Crippen LogP contribution in [0.4, 0.5) is 4.79 Å². The molecule has 0 radical (unpaired) electrons. The molecular formula is C9H14INO3. The Kier molecular flexibility index (Phi) is 3.74. The van der Waals surface area contributed by atoms with Crippen LogP contribution in [0.5, 0.6) is 0 Å². The van der Waals surface area contributed by atoms with Crippen molar-refractivity contribution in [2.24, 2.45) is 0 Å². The van der Waals surface area contributed by atoms with Gasteiger partial charge in [-0.2, -0.15) is 0 Å². The summed E-state index contributed by atoms with van der Waals surface area (Å²) in [4.78, 5) is 24.4. The van der Waals surface area contributed by atoms with Crippen LogP contribution in [0.3, 0.4) is 0 Å². The zero-order valence-corrected chi connectivity index (χ0v) is 10.5. The molecule has 0 bridgehead atoms. The van der Waals surface area contributed by atoms with E-state index in [4.69, 9.17) is 4.74 Å². The number of amides is 1. The summed E-state index contributed by atoms with van der Waals surface area (Å²) in [6, 6.07) is 0. The normalized spacial score (nSPS) is 27.6. The van der Waals surface area contributed by atoms with Crippen molar-refractivity contribution in [2.75, 3.05) is 13.2 Å². The van der Waals surface area contributed by atoms with Gasteiger partial charge in [0.05, 0.1) is 6.61 Å². The van der Waals surface area contributed by atoms with Gasteiger partial charge >= 0.3 is 6.09 Å². The predicted molar refractivity (Wildman–Crippen MR) is 60.4 cm³/mol. The Morgan fingerprint density at radius 3 is 2.86 bits per heavy atom. The zero-order valence-electron chi connectivity index (χ0n) is 8.38. The molecule has 4 nitrogen and oxygen atoms in total. The van der Waals surface area contributed by atoms with Gasteiger partial charge in [0.2, 0.25) is 0 Å². The molecule has 0 aromatic carbocycles. The second-order valence-electron chi connectivity index (χ2n) is 3.46. The maximum atomic E-state index is 11.5. The van der Waals surface area contributed by atoms with Crippen LogP contribution in [0.25, 0.3) is 0 Å². The number of rotatable bonds is 1. The smallest absolute Gasteiger partial charge is 0.410 e. The molecule has 1 amide bonds. The lowest BCUT2D eigenvalue weighted by Gasteiger charge is -2.38. The number of Topliss-reactive ketones (excluding diaryl/α,β-unsaturated/α-hetero) is 1. The van der Waals surface area contributed by atoms with Gasteiger partial charge in [-0.05, 0) is 13.8 Å². The topological polar surface area (TPSA) is 46.6 Å². The van der Waals surface area contributed by atoms with Crippen molar-refractivity contribution in [2.45, 2.75) is 30.2 Å². The number of nitrogens with zero attached hydrogens (tertiary/aromatic N) is 1. The summed E-state index contributed by atoms with van der Waals surface area (Å²) in [5, 5.41) is 0. The molecule has 1 aliphatic heterocycles. The van der Waals surface area contributed by atoms with Crippen molar-refractivity contribution >= 4 is 34.5 Å². The minimum absolute atomic E-state index is 0.211. The third-order valence-corrected chi connectivity index (χ3v) is 3.15. The molecule has 0 aromatic heterocycles. The minimum atomic E-state index is -0.431. The van der Waals surface area contributed by atoms with E-state index in [-0.39, 0.29) is 11.9 Å². The molecule has 1 aliphatic rings. The first-order chi connectivity index (χ1) is 6.47. The number of likely N-dealkylation sites (tertiary alicyclic amines) is 1. The number of piperidine rings is 1. The van der Waals surface area contributed by atoms with E-state index >= 15 is 0 Å². The second-order valence-corrected chi connectivity index (χ2v) is 5.78. The van der Waals surface area contributed by atoms with Crippen LogP contribution in [-0.2, 0) is 9.53 Å². The number of ketones is 1. The summed E-state index contributed by atoms with van der Waals surface area (Å²) >= 11 is 2.13. The van der Waals surface area contributed by atoms with Crippen molar-refractivity contribution in [3.8, 4) is 0 Å². The second kappa shape index (κ2) is 4.46. The highest BCUT2D eigenvalue weighted by molar-refractivity contribution is 14.1. The fourth-order valence-corrected chi connectivity index (χ4v) is 2.36. The maximum Gasteiger partial charge on any atom is 0.410 e. The van der Waals surface area contributed by atoms with E-state index in [9.17, 15) is 9.59 Å². The van der Waals surface area contributed by atoms with E-state index < -0.39 is 3.55 Å². The molecule has 1 unspecified atom stereocenters. The van der Waals surface area contributed by atoms with Crippen molar-refractivity contribution in [3.05, 3.63) is 0 Å². The first kappa shape index (κ1) is 11.7. The lowest BCUT2D eigenvalue weighted by Crippen LogP contribution is -2.51. The third kappa shape index (κ3) is 2.59. The van der Waals surface area contributed by atoms with Crippen molar-refractivity contribution in [1.29, 1.82) is 0 Å². The molecule has 1 fully saturated rings. The van der Waals surface area contributed by atoms with E-state index in [1.807, 2.05) is 6.92 Å². The van der Waals surface area contributed by atoms with Crippen LogP contribution in [0.15, 0.2) is 0 Å². The maximum absolute atomic E-state index is 11.5. The average molecular weight is 311 g/mol. The van der Waals surface area contributed by atoms with Crippen LogP contribution < -0.4 is 0 Å². The molecule has 1 heterocycles. The summed E-state index contributed by atoms with van der Waals surface area (Å²) in [5.41, 5.74) is 0. The first-order valence-corrected chi connectivity index (χ1v) is 5.70. The van der Waals surface area contributed by atoms with Gasteiger partial charge < -0.3 is 4.74 Å². The van der Waals surface area contributed by atoms with E-state index in [1.54, 1.807) is 11.8 Å². The van der Waals surface area contributed by atoms with E-state index in [0.717, 1.165) is 0 Å². The van der Waals surface area contributed by atoms with Gasteiger partial charge in [-0.25, -0.2) is 4.79 Å². The fourth-order valence-electron chi connectivity index (χ4n) is 1.50. The Morgan fingerprint density at radius 1 is 1.71 bits per heavy atom. The van der Waals surface area contributed by atoms with Gasteiger partial charge in [-0.15, -0.1) is 0 Å². The first-order valence-electron chi connectivity index (χ1n) is 4.62. The highest BCUT2D eigenvalue weighted by Gasteiger charge is 2.39. The van der Waals surface area contributed by atoms with Crippen LogP contribution >= 0.6 is 22.6 Å². The lowest BCUT2D eigenvalue weighted by atomic mass is 10.0. The molecule has 1 saturated heterocycles. The highest BCUT2D eigenvalue weighted by Crippen LogP contribution is 2.32. The summed E-state index contributed by atoms with van der Waals surface area (Å²) in [5.74, 6) is 0.211. The van der Waals surface area contributed by atoms with Gasteiger partial charge in [0.25, 0.3) is 0 Å².